The molecule has 3 aromatic rings. The highest BCUT2D eigenvalue weighted by Gasteiger charge is 2.25. The lowest BCUT2D eigenvalue weighted by molar-refractivity contribution is -0.126. The second kappa shape index (κ2) is 12.7. The first-order valence-electron chi connectivity index (χ1n) is 12.4. The molecule has 0 spiro atoms. The molecule has 1 amide bonds. The lowest BCUT2D eigenvalue weighted by Gasteiger charge is -2.30. The fourth-order valence-electron chi connectivity index (χ4n) is 4.31. The molecule has 0 unspecified atom stereocenters. The summed E-state index contributed by atoms with van der Waals surface area (Å²) in [5.41, 5.74) is 2.03. The van der Waals surface area contributed by atoms with Crippen LogP contribution >= 0.6 is 11.6 Å². The van der Waals surface area contributed by atoms with E-state index in [4.69, 9.17) is 20.9 Å². The van der Waals surface area contributed by atoms with E-state index in [0.29, 0.717) is 29.8 Å². The van der Waals surface area contributed by atoms with Gasteiger partial charge in [0.25, 0.3) is 0 Å². The second-order valence-electron chi connectivity index (χ2n) is 8.92. The number of hydrogen-bond donors (Lipinski definition) is 1. The maximum absolute atomic E-state index is 12.7. The van der Waals surface area contributed by atoms with Crippen LogP contribution in [0.3, 0.4) is 0 Å². The summed E-state index contributed by atoms with van der Waals surface area (Å²) in [6.07, 6.45) is 4.43. The van der Waals surface area contributed by atoms with Crippen LogP contribution in [0.5, 0.6) is 5.75 Å². The van der Waals surface area contributed by atoms with Crippen LogP contribution in [0.2, 0.25) is 5.02 Å². The fourth-order valence-corrected chi connectivity index (χ4v) is 4.50. The van der Waals surface area contributed by atoms with Gasteiger partial charge in [-0.15, -0.1) is 0 Å². The van der Waals surface area contributed by atoms with Crippen LogP contribution < -0.4 is 10.1 Å². The van der Waals surface area contributed by atoms with E-state index in [2.05, 4.69) is 33.3 Å². The second-order valence-corrected chi connectivity index (χ2v) is 9.36. The number of hydrogen-bond acceptors (Lipinski definition) is 6. The van der Waals surface area contributed by atoms with Crippen LogP contribution in [0.1, 0.15) is 44.1 Å². The Morgan fingerprint density at radius 3 is 2.83 bits per heavy atom. The molecule has 2 heterocycles. The molecule has 2 aromatic carbocycles. The molecule has 1 N–H and O–H groups in total. The van der Waals surface area contributed by atoms with E-state index in [1.54, 1.807) is 0 Å². The van der Waals surface area contributed by atoms with E-state index in [0.717, 1.165) is 63.1 Å². The number of likely N-dealkylation sites (tertiary alicyclic amines) is 1. The Kier molecular flexibility index (Phi) is 9.15. The van der Waals surface area contributed by atoms with Gasteiger partial charge in [-0.05, 0) is 69.0 Å². The summed E-state index contributed by atoms with van der Waals surface area (Å²) in [5.74, 6) is 2.27. The van der Waals surface area contributed by atoms with Crippen LogP contribution in [0.15, 0.2) is 53.1 Å². The number of aromatic nitrogens is 2. The Morgan fingerprint density at radius 1 is 1.20 bits per heavy atom. The molecule has 0 atom stereocenters. The minimum atomic E-state index is 0.0520. The molecule has 0 radical (unpaired) electrons. The highest BCUT2D eigenvalue weighted by Crippen LogP contribution is 2.23. The molecular formula is C27H33ClN4O3. The monoisotopic (exact) mass is 496 g/mol. The highest BCUT2D eigenvalue weighted by atomic mass is 35.5. The molecule has 0 bridgehead atoms. The standard InChI is InChI=1S/C27H33ClN4O3/c1-2-17-34-24-11-4-3-7-20(24)9-6-14-29-27(33)21-12-15-32(16-13-21)19-25-30-26(31-35-25)22-8-5-10-23(28)18-22/h3-5,7-8,10-11,18,21H,2,6,9,12-17,19H2,1H3,(H,29,33). The van der Waals surface area contributed by atoms with Crippen molar-refractivity contribution in [1.29, 1.82) is 0 Å². The Balaban J connectivity index is 1.17. The molecule has 0 saturated carbocycles. The van der Waals surface area contributed by atoms with Gasteiger partial charge in [0.1, 0.15) is 5.75 Å². The zero-order chi connectivity index (χ0) is 24.5. The SMILES string of the molecule is CCCOc1ccccc1CCCNC(=O)C1CCN(Cc2nc(-c3cccc(Cl)c3)no2)CC1. The summed E-state index contributed by atoms with van der Waals surface area (Å²) < 4.78 is 11.3. The number of nitrogens with zero attached hydrogens (tertiary/aromatic N) is 3. The van der Waals surface area contributed by atoms with Crippen molar-refractivity contribution >= 4 is 17.5 Å². The number of para-hydroxylation sites is 1. The number of piperidine rings is 1. The van der Waals surface area contributed by atoms with Gasteiger partial charge in [0.05, 0.1) is 13.2 Å². The summed E-state index contributed by atoms with van der Waals surface area (Å²) in [7, 11) is 0. The third kappa shape index (κ3) is 7.29. The number of halogens is 1. The van der Waals surface area contributed by atoms with Gasteiger partial charge in [0, 0.05) is 23.0 Å². The minimum absolute atomic E-state index is 0.0520. The van der Waals surface area contributed by atoms with Gasteiger partial charge in [-0.25, -0.2) is 0 Å². The van der Waals surface area contributed by atoms with Gasteiger partial charge in [-0.2, -0.15) is 4.98 Å². The van der Waals surface area contributed by atoms with Crippen molar-refractivity contribution in [1.82, 2.24) is 20.4 Å². The van der Waals surface area contributed by atoms with Crippen LogP contribution in [0.25, 0.3) is 11.4 Å². The molecule has 0 aliphatic carbocycles. The Morgan fingerprint density at radius 2 is 2.03 bits per heavy atom. The Labute approximate surface area is 211 Å². The summed E-state index contributed by atoms with van der Waals surface area (Å²) in [6, 6.07) is 15.6. The van der Waals surface area contributed by atoms with Crippen LogP contribution in [0.4, 0.5) is 0 Å². The lowest BCUT2D eigenvalue weighted by atomic mass is 9.96. The van der Waals surface area contributed by atoms with Gasteiger partial charge in [0.15, 0.2) is 0 Å². The van der Waals surface area contributed by atoms with Crippen LogP contribution in [0, 0.1) is 5.92 Å². The molecule has 4 rings (SSSR count). The van der Waals surface area contributed by atoms with E-state index in [9.17, 15) is 4.79 Å². The van der Waals surface area contributed by atoms with Crippen molar-refractivity contribution in [2.45, 2.75) is 45.6 Å². The van der Waals surface area contributed by atoms with E-state index in [1.165, 1.54) is 5.56 Å². The number of carbonyl (C=O) groups is 1. The largest absolute Gasteiger partial charge is 0.493 e. The number of ether oxygens (including phenoxy) is 1. The maximum Gasteiger partial charge on any atom is 0.241 e. The van der Waals surface area contributed by atoms with Gasteiger partial charge in [0.2, 0.25) is 17.6 Å². The first-order chi connectivity index (χ1) is 17.1. The van der Waals surface area contributed by atoms with E-state index in [1.807, 2.05) is 42.5 Å². The molecule has 7 nitrogen and oxygen atoms in total. The molecule has 8 heteroatoms. The van der Waals surface area contributed by atoms with Gasteiger partial charge in [-0.3, -0.25) is 9.69 Å². The first kappa shape index (κ1) is 25.2. The number of aryl methyl sites for hydroxylation is 1. The molecule has 186 valence electrons. The lowest BCUT2D eigenvalue weighted by Crippen LogP contribution is -2.40. The number of rotatable bonds is 11. The summed E-state index contributed by atoms with van der Waals surface area (Å²) in [6.45, 7) is 5.75. The third-order valence-corrected chi connectivity index (χ3v) is 6.46. The summed E-state index contributed by atoms with van der Waals surface area (Å²) in [4.78, 5) is 19.4. The van der Waals surface area contributed by atoms with Crippen molar-refractivity contribution in [3.05, 3.63) is 65.0 Å². The number of carbonyl (C=O) groups excluding carboxylic acids is 1. The van der Waals surface area contributed by atoms with Crippen molar-refractivity contribution in [3.63, 3.8) is 0 Å². The van der Waals surface area contributed by atoms with Crippen LogP contribution in [-0.4, -0.2) is 47.2 Å². The molecular weight excluding hydrogens is 464 g/mol. The molecule has 35 heavy (non-hydrogen) atoms. The minimum Gasteiger partial charge on any atom is -0.493 e. The quantitative estimate of drug-likeness (QED) is 0.370. The number of amides is 1. The Hall–Kier alpha value is -2.90. The summed E-state index contributed by atoms with van der Waals surface area (Å²) in [5, 5.41) is 7.84. The number of benzene rings is 2. The molecule has 1 fully saturated rings. The van der Waals surface area contributed by atoms with Gasteiger partial charge in [-0.1, -0.05) is 54.0 Å². The number of nitrogens with one attached hydrogen (secondary N) is 1. The van der Waals surface area contributed by atoms with Crippen LogP contribution in [-0.2, 0) is 17.8 Å². The van der Waals surface area contributed by atoms with E-state index in [-0.39, 0.29) is 11.8 Å². The van der Waals surface area contributed by atoms with Crippen molar-refractivity contribution in [2.75, 3.05) is 26.2 Å². The third-order valence-electron chi connectivity index (χ3n) is 6.22. The molecule has 1 aliphatic heterocycles. The van der Waals surface area contributed by atoms with Crippen molar-refractivity contribution < 1.29 is 14.1 Å². The van der Waals surface area contributed by atoms with Crippen molar-refractivity contribution in [2.24, 2.45) is 5.92 Å². The van der Waals surface area contributed by atoms with E-state index < -0.39 is 0 Å². The van der Waals surface area contributed by atoms with E-state index >= 15 is 0 Å². The average Bonchev–Trinajstić information content (AvgIpc) is 3.35. The first-order valence-corrected chi connectivity index (χ1v) is 12.8. The average molecular weight is 497 g/mol. The predicted octanol–water partition coefficient (Wildman–Crippen LogP) is 5.14. The van der Waals surface area contributed by atoms with Gasteiger partial charge < -0.3 is 14.6 Å². The normalized spacial score (nSPS) is 14.7. The highest BCUT2D eigenvalue weighted by molar-refractivity contribution is 6.30. The molecule has 1 aliphatic rings. The Bertz CT molecular complexity index is 1100. The topological polar surface area (TPSA) is 80.5 Å². The van der Waals surface area contributed by atoms with Crippen molar-refractivity contribution in [3.8, 4) is 17.1 Å². The predicted molar refractivity (Wildman–Crippen MR) is 136 cm³/mol. The zero-order valence-electron chi connectivity index (χ0n) is 20.2. The molecule has 1 saturated heterocycles. The fraction of sp³-hybridized carbons (Fsp3) is 0.444. The zero-order valence-corrected chi connectivity index (χ0v) is 21.0. The smallest absolute Gasteiger partial charge is 0.241 e. The molecule has 1 aromatic heterocycles. The summed E-state index contributed by atoms with van der Waals surface area (Å²) >= 11 is 6.06. The van der Waals surface area contributed by atoms with Gasteiger partial charge >= 0.3 is 0 Å². The maximum atomic E-state index is 12.7.